The van der Waals surface area contributed by atoms with Gasteiger partial charge in [-0.1, -0.05) is 18.2 Å². The zero-order valence-electron chi connectivity index (χ0n) is 13.4. The van der Waals surface area contributed by atoms with Gasteiger partial charge in [-0.15, -0.1) is 0 Å². The molecule has 1 saturated heterocycles. The molecular weight excluding hydrogens is 264 g/mol. The van der Waals surface area contributed by atoms with Crippen molar-refractivity contribution in [3.05, 3.63) is 29.8 Å². The fourth-order valence-electron chi connectivity index (χ4n) is 3.01. The quantitative estimate of drug-likeness (QED) is 0.806. The molecule has 3 unspecified atom stereocenters. The summed E-state index contributed by atoms with van der Waals surface area (Å²) < 4.78 is 10.9. The van der Waals surface area contributed by atoms with Gasteiger partial charge in [-0.2, -0.15) is 0 Å². The van der Waals surface area contributed by atoms with E-state index < -0.39 is 0 Å². The number of hydrogen-bond donors (Lipinski definition) is 2. The molecule has 2 rings (SSSR count). The van der Waals surface area contributed by atoms with Gasteiger partial charge in [-0.25, -0.2) is 0 Å². The first kappa shape index (κ1) is 16.3. The Bertz CT molecular complexity index is 419. The monoisotopic (exact) mass is 292 g/mol. The second-order valence-electron chi connectivity index (χ2n) is 5.95. The van der Waals surface area contributed by atoms with Crippen LogP contribution < -0.4 is 15.4 Å². The number of morpholine rings is 1. The SMILES string of the molecule is COc1ccccc1CC(C)NC(C)CC1COCCN1. The van der Waals surface area contributed by atoms with Crippen LogP contribution >= 0.6 is 0 Å². The van der Waals surface area contributed by atoms with Crippen LogP contribution in [0.15, 0.2) is 24.3 Å². The Labute approximate surface area is 128 Å². The predicted molar refractivity (Wildman–Crippen MR) is 86.0 cm³/mol. The van der Waals surface area contributed by atoms with Gasteiger partial charge >= 0.3 is 0 Å². The lowest BCUT2D eigenvalue weighted by Gasteiger charge is -2.28. The zero-order chi connectivity index (χ0) is 15.1. The molecule has 0 bridgehead atoms. The lowest BCUT2D eigenvalue weighted by molar-refractivity contribution is 0.0708. The van der Waals surface area contributed by atoms with E-state index in [0.717, 1.165) is 38.3 Å². The van der Waals surface area contributed by atoms with Crippen molar-refractivity contribution in [2.24, 2.45) is 0 Å². The number of para-hydroxylation sites is 1. The Hall–Kier alpha value is -1.10. The van der Waals surface area contributed by atoms with E-state index in [9.17, 15) is 0 Å². The molecule has 1 aliphatic rings. The highest BCUT2D eigenvalue weighted by molar-refractivity contribution is 5.33. The molecule has 1 aliphatic heterocycles. The van der Waals surface area contributed by atoms with Gasteiger partial charge in [-0.3, -0.25) is 0 Å². The van der Waals surface area contributed by atoms with Crippen LogP contribution in [0.5, 0.6) is 5.75 Å². The van der Waals surface area contributed by atoms with Crippen molar-refractivity contribution in [2.45, 2.75) is 44.8 Å². The summed E-state index contributed by atoms with van der Waals surface area (Å²) in [5, 5.41) is 7.18. The molecule has 21 heavy (non-hydrogen) atoms. The molecule has 3 atom stereocenters. The zero-order valence-corrected chi connectivity index (χ0v) is 13.4. The van der Waals surface area contributed by atoms with Crippen LogP contribution in [0.3, 0.4) is 0 Å². The summed E-state index contributed by atoms with van der Waals surface area (Å²) >= 11 is 0. The maximum Gasteiger partial charge on any atom is 0.122 e. The molecule has 2 N–H and O–H groups in total. The summed E-state index contributed by atoms with van der Waals surface area (Å²) in [6, 6.07) is 9.59. The van der Waals surface area contributed by atoms with E-state index in [1.165, 1.54) is 5.56 Å². The van der Waals surface area contributed by atoms with Crippen molar-refractivity contribution in [3.63, 3.8) is 0 Å². The van der Waals surface area contributed by atoms with E-state index in [4.69, 9.17) is 9.47 Å². The maximum absolute atomic E-state index is 5.51. The Balaban J connectivity index is 1.79. The van der Waals surface area contributed by atoms with Crippen molar-refractivity contribution in [1.29, 1.82) is 0 Å². The molecule has 1 aromatic rings. The summed E-state index contributed by atoms with van der Waals surface area (Å²) in [4.78, 5) is 0. The van der Waals surface area contributed by atoms with Gasteiger partial charge in [0.2, 0.25) is 0 Å². The van der Waals surface area contributed by atoms with E-state index in [2.05, 4.69) is 36.6 Å². The third-order valence-electron chi connectivity index (χ3n) is 3.92. The minimum Gasteiger partial charge on any atom is -0.496 e. The molecule has 0 aromatic heterocycles. The molecule has 1 heterocycles. The lowest BCUT2D eigenvalue weighted by Crippen LogP contribution is -2.46. The van der Waals surface area contributed by atoms with Gasteiger partial charge in [0.15, 0.2) is 0 Å². The molecule has 0 spiro atoms. The van der Waals surface area contributed by atoms with Crippen LogP contribution in [-0.4, -0.2) is 45.0 Å². The summed E-state index contributed by atoms with van der Waals surface area (Å²) in [5.74, 6) is 0.973. The smallest absolute Gasteiger partial charge is 0.122 e. The predicted octanol–water partition coefficient (Wildman–Crippen LogP) is 1.98. The second kappa shape index (κ2) is 8.37. The lowest BCUT2D eigenvalue weighted by atomic mass is 10.0. The first-order chi connectivity index (χ1) is 10.2. The van der Waals surface area contributed by atoms with Gasteiger partial charge in [0.25, 0.3) is 0 Å². The second-order valence-corrected chi connectivity index (χ2v) is 5.95. The Morgan fingerprint density at radius 2 is 2.14 bits per heavy atom. The van der Waals surface area contributed by atoms with E-state index in [1.807, 2.05) is 12.1 Å². The number of benzene rings is 1. The van der Waals surface area contributed by atoms with Crippen LogP contribution in [-0.2, 0) is 11.2 Å². The highest BCUT2D eigenvalue weighted by Gasteiger charge is 2.17. The Kier molecular flexibility index (Phi) is 6.49. The molecule has 0 saturated carbocycles. The van der Waals surface area contributed by atoms with Gasteiger partial charge in [-0.05, 0) is 38.3 Å². The third-order valence-corrected chi connectivity index (χ3v) is 3.92. The van der Waals surface area contributed by atoms with Crippen molar-refractivity contribution in [2.75, 3.05) is 26.9 Å². The van der Waals surface area contributed by atoms with E-state index in [-0.39, 0.29) is 0 Å². The van der Waals surface area contributed by atoms with E-state index in [1.54, 1.807) is 7.11 Å². The van der Waals surface area contributed by atoms with Gasteiger partial charge < -0.3 is 20.1 Å². The number of ether oxygens (including phenoxy) is 2. The highest BCUT2D eigenvalue weighted by Crippen LogP contribution is 2.19. The molecule has 4 nitrogen and oxygen atoms in total. The summed E-state index contributed by atoms with van der Waals surface area (Å²) in [6.45, 7) is 7.10. The van der Waals surface area contributed by atoms with E-state index >= 15 is 0 Å². The summed E-state index contributed by atoms with van der Waals surface area (Å²) in [5.41, 5.74) is 1.26. The van der Waals surface area contributed by atoms with Crippen LogP contribution in [0, 0.1) is 0 Å². The van der Waals surface area contributed by atoms with Crippen LogP contribution in [0.4, 0.5) is 0 Å². The topological polar surface area (TPSA) is 42.5 Å². The van der Waals surface area contributed by atoms with Crippen LogP contribution in [0.25, 0.3) is 0 Å². The average molecular weight is 292 g/mol. The molecule has 0 radical (unpaired) electrons. The van der Waals surface area contributed by atoms with Crippen molar-refractivity contribution in [3.8, 4) is 5.75 Å². The first-order valence-corrected chi connectivity index (χ1v) is 7.88. The van der Waals surface area contributed by atoms with Crippen molar-refractivity contribution >= 4 is 0 Å². The van der Waals surface area contributed by atoms with Gasteiger partial charge in [0.1, 0.15) is 5.75 Å². The largest absolute Gasteiger partial charge is 0.496 e. The average Bonchev–Trinajstić information content (AvgIpc) is 2.48. The Morgan fingerprint density at radius 1 is 1.33 bits per heavy atom. The number of nitrogens with one attached hydrogen (secondary N) is 2. The number of hydrogen-bond acceptors (Lipinski definition) is 4. The van der Waals surface area contributed by atoms with Crippen molar-refractivity contribution < 1.29 is 9.47 Å². The number of rotatable bonds is 7. The number of methoxy groups -OCH3 is 1. The standard InChI is InChI=1S/C17H28N2O2/c1-13(10-15-6-4-5-7-17(15)20-3)19-14(2)11-16-12-21-9-8-18-16/h4-7,13-14,16,18-19H,8-12H2,1-3H3. The fourth-order valence-corrected chi connectivity index (χ4v) is 3.01. The van der Waals surface area contributed by atoms with E-state index in [0.29, 0.717) is 18.1 Å². The minimum atomic E-state index is 0.417. The van der Waals surface area contributed by atoms with Gasteiger partial charge in [0, 0.05) is 24.7 Å². The highest BCUT2D eigenvalue weighted by atomic mass is 16.5. The molecule has 1 aromatic carbocycles. The molecule has 118 valence electrons. The molecular formula is C17H28N2O2. The molecule has 0 aliphatic carbocycles. The summed E-state index contributed by atoms with van der Waals surface area (Å²) in [7, 11) is 1.73. The maximum atomic E-state index is 5.51. The molecule has 0 amide bonds. The van der Waals surface area contributed by atoms with Crippen LogP contribution in [0.2, 0.25) is 0 Å². The first-order valence-electron chi connectivity index (χ1n) is 7.88. The van der Waals surface area contributed by atoms with Gasteiger partial charge in [0.05, 0.1) is 20.3 Å². The Morgan fingerprint density at radius 3 is 2.86 bits per heavy atom. The minimum absolute atomic E-state index is 0.417. The van der Waals surface area contributed by atoms with Crippen LogP contribution in [0.1, 0.15) is 25.8 Å². The normalized spacial score (nSPS) is 21.8. The van der Waals surface area contributed by atoms with Crippen molar-refractivity contribution in [1.82, 2.24) is 10.6 Å². The summed E-state index contributed by atoms with van der Waals surface area (Å²) in [6.07, 6.45) is 2.07. The third kappa shape index (κ3) is 5.30. The molecule has 1 fully saturated rings. The molecule has 4 heteroatoms. The fraction of sp³-hybridized carbons (Fsp3) is 0.647.